The van der Waals surface area contributed by atoms with Crippen LogP contribution in [0.15, 0.2) is 127 Å². The molecule has 1 saturated carbocycles. The molecule has 0 spiro atoms. The van der Waals surface area contributed by atoms with E-state index in [0.717, 1.165) is 50.4 Å². The standard InChI is InChI=1S/C54H56N2O5/c1-6-7-9-12-36-15-17-37(18-16-36)38-19-21-40(22-20-38)52(57)55-44-27-23-39(24-28-44)47-33-41-34-49(53(58)60-5)46-31-32-54(42-13-10-8-11-14-42,43-25-29-45(59-4)30-26-43)61-51(46)48(41)35-50(47)56(2)3/h8,10-11,13-14,19-37H,6-7,9,12,15-18H2,1-5H3,(H,55,57)/t36-,37-,54?. The number of rotatable bonds is 13. The fourth-order valence-electron chi connectivity index (χ4n) is 9.28. The van der Waals surface area contributed by atoms with Crippen molar-refractivity contribution in [3.05, 3.63) is 161 Å². The van der Waals surface area contributed by atoms with Crippen molar-refractivity contribution in [2.24, 2.45) is 5.92 Å². The third-order valence-electron chi connectivity index (χ3n) is 12.8. The maximum atomic E-state index is 13.4. The molecule has 1 heterocycles. The molecule has 1 aliphatic carbocycles. The van der Waals surface area contributed by atoms with E-state index in [1.807, 2.05) is 111 Å². The number of esters is 1. The number of nitrogens with one attached hydrogen (secondary N) is 1. The quantitative estimate of drug-likeness (QED) is 0.0924. The van der Waals surface area contributed by atoms with Gasteiger partial charge in [0.1, 0.15) is 11.5 Å². The number of hydrogen-bond acceptors (Lipinski definition) is 6. The maximum absolute atomic E-state index is 13.4. The number of hydrogen-bond donors (Lipinski definition) is 1. The molecule has 1 unspecified atom stereocenters. The Bertz CT molecular complexity index is 2520. The molecule has 1 N–H and O–H groups in total. The molecule has 1 atom stereocenters. The first kappa shape index (κ1) is 41.4. The molecule has 0 aromatic heterocycles. The van der Waals surface area contributed by atoms with Gasteiger partial charge in [-0.25, -0.2) is 4.79 Å². The zero-order chi connectivity index (χ0) is 42.5. The van der Waals surface area contributed by atoms with Crippen LogP contribution in [-0.4, -0.2) is 40.2 Å². The molecule has 7 heteroatoms. The number of ether oxygens (including phenoxy) is 3. The van der Waals surface area contributed by atoms with E-state index >= 15 is 0 Å². The minimum absolute atomic E-state index is 0.131. The van der Waals surface area contributed by atoms with Crippen molar-refractivity contribution >= 4 is 40.1 Å². The fraction of sp³-hybridized carbons (Fsp3) is 0.296. The first-order valence-electron chi connectivity index (χ1n) is 21.7. The van der Waals surface area contributed by atoms with E-state index in [1.165, 1.54) is 64.0 Å². The second-order valence-corrected chi connectivity index (χ2v) is 16.8. The molecule has 8 rings (SSSR count). The molecule has 61 heavy (non-hydrogen) atoms. The molecule has 312 valence electrons. The molecular weight excluding hydrogens is 757 g/mol. The van der Waals surface area contributed by atoms with Gasteiger partial charge in [0.05, 0.1) is 19.8 Å². The van der Waals surface area contributed by atoms with Crippen molar-refractivity contribution < 1.29 is 23.8 Å². The summed E-state index contributed by atoms with van der Waals surface area (Å²) in [6.45, 7) is 2.27. The monoisotopic (exact) mass is 812 g/mol. The Hall–Kier alpha value is -6.34. The average molecular weight is 813 g/mol. The number of benzene rings is 6. The lowest BCUT2D eigenvalue weighted by molar-refractivity contribution is 0.0599. The van der Waals surface area contributed by atoms with E-state index in [1.54, 1.807) is 7.11 Å². The van der Waals surface area contributed by atoms with Crippen LogP contribution in [0.5, 0.6) is 11.5 Å². The normalized spacial score (nSPS) is 18.2. The molecule has 7 nitrogen and oxygen atoms in total. The highest BCUT2D eigenvalue weighted by Gasteiger charge is 2.39. The topological polar surface area (TPSA) is 77.1 Å². The van der Waals surface area contributed by atoms with E-state index < -0.39 is 11.6 Å². The number of nitrogens with zero attached hydrogens (tertiary/aromatic N) is 1. The summed E-state index contributed by atoms with van der Waals surface area (Å²) in [4.78, 5) is 28.9. The minimum atomic E-state index is -0.992. The lowest BCUT2D eigenvalue weighted by Crippen LogP contribution is -2.34. The van der Waals surface area contributed by atoms with Crippen LogP contribution in [0, 0.1) is 5.92 Å². The lowest BCUT2D eigenvalue weighted by Gasteiger charge is -2.37. The number of carbonyl (C=O) groups excluding carboxylic acids is 2. The summed E-state index contributed by atoms with van der Waals surface area (Å²) >= 11 is 0. The molecule has 6 aromatic rings. The summed E-state index contributed by atoms with van der Waals surface area (Å²) in [5.74, 6) is 2.21. The lowest BCUT2D eigenvalue weighted by atomic mass is 9.77. The van der Waals surface area contributed by atoms with Crippen LogP contribution in [0.25, 0.3) is 28.0 Å². The van der Waals surface area contributed by atoms with Crippen LogP contribution in [-0.2, 0) is 10.3 Å². The van der Waals surface area contributed by atoms with Gasteiger partial charge in [-0.05, 0) is 121 Å². The summed E-state index contributed by atoms with van der Waals surface area (Å²) < 4.78 is 18.1. The van der Waals surface area contributed by atoms with Crippen molar-refractivity contribution in [1.82, 2.24) is 0 Å². The molecule has 0 bridgehead atoms. The van der Waals surface area contributed by atoms with Crippen molar-refractivity contribution in [2.75, 3.05) is 38.5 Å². The third-order valence-corrected chi connectivity index (χ3v) is 12.8. The van der Waals surface area contributed by atoms with Crippen LogP contribution in [0.3, 0.4) is 0 Å². The van der Waals surface area contributed by atoms with E-state index in [-0.39, 0.29) is 5.91 Å². The van der Waals surface area contributed by atoms with Gasteiger partial charge in [-0.2, -0.15) is 0 Å². The minimum Gasteiger partial charge on any atom is -0.497 e. The van der Waals surface area contributed by atoms with Gasteiger partial charge in [-0.3, -0.25) is 4.79 Å². The van der Waals surface area contributed by atoms with Crippen molar-refractivity contribution in [2.45, 2.75) is 69.8 Å². The van der Waals surface area contributed by atoms with Crippen molar-refractivity contribution in [3.63, 3.8) is 0 Å². The average Bonchev–Trinajstić information content (AvgIpc) is 3.31. The Balaban J connectivity index is 1.08. The number of carbonyl (C=O) groups is 2. The number of fused-ring (bicyclic) bond motifs is 3. The zero-order valence-electron chi connectivity index (χ0n) is 36.0. The molecule has 1 amide bonds. The van der Waals surface area contributed by atoms with Crippen LogP contribution in [0.4, 0.5) is 11.4 Å². The molecule has 1 fully saturated rings. The van der Waals surface area contributed by atoms with Crippen molar-refractivity contribution in [1.29, 1.82) is 0 Å². The van der Waals surface area contributed by atoms with Gasteiger partial charge in [0.2, 0.25) is 0 Å². The van der Waals surface area contributed by atoms with Gasteiger partial charge < -0.3 is 24.4 Å². The highest BCUT2D eigenvalue weighted by atomic mass is 16.5. The first-order valence-corrected chi connectivity index (χ1v) is 21.7. The number of amides is 1. The van der Waals surface area contributed by atoms with Crippen molar-refractivity contribution in [3.8, 4) is 22.6 Å². The molecule has 1 aliphatic heterocycles. The largest absolute Gasteiger partial charge is 0.497 e. The molecule has 6 aromatic carbocycles. The first-order chi connectivity index (χ1) is 29.7. The third kappa shape index (κ3) is 8.52. The second-order valence-electron chi connectivity index (χ2n) is 16.8. The van der Waals surface area contributed by atoms with Crippen LogP contribution in [0.1, 0.15) is 107 Å². The summed E-state index contributed by atoms with van der Waals surface area (Å²) in [5, 5.41) is 4.79. The smallest absolute Gasteiger partial charge is 0.338 e. The van der Waals surface area contributed by atoms with Crippen LogP contribution < -0.4 is 19.7 Å². The maximum Gasteiger partial charge on any atom is 0.338 e. The number of unbranched alkanes of at least 4 members (excludes halogenated alkanes) is 2. The number of anilines is 2. The Morgan fingerprint density at radius 1 is 0.803 bits per heavy atom. The van der Waals surface area contributed by atoms with E-state index in [4.69, 9.17) is 14.2 Å². The molecule has 0 saturated heterocycles. The highest BCUT2D eigenvalue weighted by Crippen LogP contribution is 2.49. The van der Waals surface area contributed by atoms with Gasteiger partial charge >= 0.3 is 5.97 Å². The zero-order valence-corrected chi connectivity index (χ0v) is 36.0. The Morgan fingerprint density at radius 3 is 2.16 bits per heavy atom. The fourth-order valence-corrected chi connectivity index (χ4v) is 9.28. The Morgan fingerprint density at radius 2 is 1.51 bits per heavy atom. The number of methoxy groups -OCH3 is 2. The predicted octanol–water partition coefficient (Wildman–Crippen LogP) is 12.8. The summed E-state index contributed by atoms with van der Waals surface area (Å²) in [5.41, 5.74) is 7.54. The summed E-state index contributed by atoms with van der Waals surface area (Å²) in [6.07, 6.45) is 14.4. The SMILES string of the molecule is CCCCC[C@H]1CC[C@H](c2ccc(C(=O)Nc3ccc(-c4cc5cc(C(=O)OC)c6c(c5cc4N(C)C)OC(c4ccccc4)(c4ccc(OC)cc4)C=C6)cc3)cc2)CC1. The van der Waals surface area contributed by atoms with Gasteiger partial charge in [-0.1, -0.05) is 99.3 Å². The van der Waals surface area contributed by atoms with E-state index in [0.29, 0.717) is 34.0 Å². The van der Waals surface area contributed by atoms with Gasteiger partial charge in [0.15, 0.2) is 5.60 Å². The summed E-state index contributed by atoms with van der Waals surface area (Å²) in [7, 11) is 7.09. The Kier molecular flexibility index (Phi) is 12.3. The van der Waals surface area contributed by atoms with Gasteiger partial charge in [0, 0.05) is 58.7 Å². The van der Waals surface area contributed by atoms with Gasteiger partial charge in [0.25, 0.3) is 5.91 Å². The highest BCUT2D eigenvalue weighted by molar-refractivity contribution is 6.07. The molecule has 0 radical (unpaired) electrons. The second kappa shape index (κ2) is 18.1. The predicted molar refractivity (Wildman–Crippen MR) is 248 cm³/mol. The van der Waals surface area contributed by atoms with E-state index in [2.05, 4.69) is 53.5 Å². The molecule has 2 aliphatic rings. The van der Waals surface area contributed by atoms with Gasteiger partial charge in [-0.15, -0.1) is 0 Å². The van der Waals surface area contributed by atoms with E-state index in [9.17, 15) is 9.59 Å². The van der Waals surface area contributed by atoms with Crippen LogP contribution >= 0.6 is 0 Å². The Labute approximate surface area is 360 Å². The van der Waals surface area contributed by atoms with Crippen LogP contribution in [0.2, 0.25) is 0 Å². The molecular formula is C54H56N2O5. The summed E-state index contributed by atoms with van der Waals surface area (Å²) in [6, 6.07) is 40.3.